The first-order valence-electron chi connectivity index (χ1n) is 4.47. The number of rotatable bonds is 4. The molecule has 0 amide bonds. The number of nitrogens with two attached hydrogens (primary N) is 1. The maximum Gasteiger partial charge on any atom is -0.00132 e. The molecule has 0 aliphatic rings. The lowest BCUT2D eigenvalue weighted by Gasteiger charge is -2.06. The fraction of sp³-hybridized carbons (Fsp3) is 0.455. The topological polar surface area (TPSA) is 26.0 Å². The van der Waals surface area contributed by atoms with Crippen LogP contribution in [0.15, 0.2) is 36.1 Å². The molecule has 0 aliphatic carbocycles. The Labute approximate surface area is 75.7 Å². The molecule has 0 rings (SSSR count). The zero-order valence-electron chi connectivity index (χ0n) is 8.25. The van der Waals surface area contributed by atoms with Gasteiger partial charge in [-0.15, -0.1) is 0 Å². The van der Waals surface area contributed by atoms with E-state index in [0.717, 1.165) is 6.42 Å². The Balaban J connectivity index is 4.23. The van der Waals surface area contributed by atoms with Crippen LogP contribution in [0.4, 0.5) is 0 Å². The molecule has 0 aromatic carbocycles. The second-order valence-corrected chi connectivity index (χ2v) is 2.77. The number of hydrogen-bond donors (Lipinski definition) is 1. The number of hydrogen-bond acceptors (Lipinski definition) is 1. The largest absolute Gasteiger partial charge is 0.405 e. The minimum absolute atomic E-state index is 0.467. The maximum atomic E-state index is 5.33. The highest BCUT2D eigenvalue weighted by Gasteiger charge is 1.98. The van der Waals surface area contributed by atoms with E-state index in [0.29, 0.717) is 5.92 Å². The van der Waals surface area contributed by atoms with Crippen LogP contribution in [-0.2, 0) is 0 Å². The molecule has 0 bridgehead atoms. The van der Waals surface area contributed by atoms with E-state index < -0.39 is 0 Å². The molecule has 0 saturated carbocycles. The second kappa shape index (κ2) is 6.71. The molecular weight excluding hydrogens is 146 g/mol. The molecule has 12 heavy (non-hydrogen) atoms. The molecule has 0 aliphatic heterocycles. The molecule has 0 fully saturated rings. The van der Waals surface area contributed by atoms with Gasteiger partial charge < -0.3 is 5.73 Å². The van der Waals surface area contributed by atoms with Gasteiger partial charge in [-0.25, -0.2) is 0 Å². The highest BCUT2D eigenvalue weighted by molar-refractivity contribution is 5.23. The van der Waals surface area contributed by atoms with Crippen LogP contribution in [0.25, 0.3) is 0 Å². The quantitative estimate of drug-likeness (QED) is 0.503. The van der Waals surface area contributed by atoms with Gasteiger partial charge in [-0.2, -0.15) is 0 Å². The Kier molecular flexibility index (Phi) is 6.16. The van der Waals surface area contributed by atoms with E-state index in [1.165, 1.54) is 5.57 Å². The lowest BCUT2D eigenvalue weighted by Crippen LogP contribution is -1.93. The normalized spacial score (nSPS) is 16.1. The van der Waals surface area contributed by atoms with Gasteiger partial charge in [0.05, 0.1) is 0 Å². The summed E-state index contributed by atoms with van der Waals surface area (Å²) in [6, 6.07) is 0. The SMILES string of the molecule is C/C=C(/C=C/N)C(C)/C=C\CC. The van der Waals surface area contributed by atoms with Crippen molar-refractivity contribution in [3.8, 4) is 0 Å². The van der Waals surface area contributed by atoms with Gasteiger partial charge in [-0.1, -0.05) is 32.1 Å². The predicted octanol–water partition coefficient (Wildman–Crippen LogP) is 3.01. The first-order valence-corrected chi connectivity index (χ1v) is 4.47. The van der Waals surface area contributed by atoms with Crippen LogP contribution in [0.1, 0.15) is 27.2 Å². The zero-order chi connectivity index (χ0) is 9.40. The molecular formula is C11H19N. The van der Waals surface area contributed by atoms with Crippen LogP contribution in [0.2, 0.25) is 0 Å². The summed E-state index contributed by atoms with van der Waals surface area (Å²) in [5.41, 5.74) is 6.59. The van der Waals surface area contributed by atoms with Crippen LogP contribution in [0, 0.1) is 5.92 Å². The third-order valence-corrected chi connectivity index (χ3v) is 1.81. The van der Waals surface area contributed by atoms with Gasteiger partial charge in [0.15, 0.2) is 0 Å². The summed E-state index contributed by atoms with van der Waals surface area (Å²) in [4.78, 5) is 0. The van der Waals surface area contributed by atoms with Crippen molar-refractivity contribution in [3.63, 3.8) is 0 Å². The van der Waals surface area contributed by atoms with Crippen LogP contribution in [0.5, 0.6) is 0 Å². The maximum absolute atomic E-state index is 5.33. The predicted molar refractivity (Wildman–Crippen MR) is 55.7 cm³/mol. The first kappa shape index (κ1) is 11.0. The van der Waals surface area contributed by atoms with Gasteiger partial charge >= 0.3 is 0 Å². The molecule has 68 valence electrons. The van der Waals surface area contributed by atoms with Gasteiger partial charge in [0.1, 0.15) is 0 Å². The van der Waals surface area contributed by atoms with Crippen molar-refractivity contribution in [2.75, 3.05) is 0 Å². The lowest BCUT2D eigenvalue weighted by atomic mass is 10.0. The van der Waals surface area contributed by atoms with Gasteiger partial charge in [0.25, 0.3) is 0 Å². The van der Waals surface area contributed by atoms with Crippen LogP contribution >= 0.6 is 0 Å². The van der Waals surface area contributed by atoms with Crippen molar-refractivity contribution in [2.24, 2.45) is 11.7 Å². The highest BCUT2D eigenvalue weighted by Crippen LogP contribution is 2.13. The Morgan fingerprint density at radius 3 is 2.58 bits per heavy atom. The minimum atomic E-state index is 0.467. The van der Waals surface area contributed by atoms with Gasteiger partial charge in [-0.05, 0) is 37.1 Å². The van der Waals surface area contributed by atoms with Crippen molar-refractivity contribution in [1.29, 1.82) is 0 Å². The summed E-state index contributed by atoms with van der Waals surface area (Å²) >= 11 is 0. The van der Waals surface area contributed by atoms with Gasteiger partial charge in [-0.3, -0.25) is 0 Å². The second-order valence-electron chi connectivity index (χ2n) is 2.77. The molecule has 2 N–H and O–H groups in total. The Morgan fingerprint density at radius 1 is 1.50 bits per heavy atom. The summed E-state index contributed by atoms with van der Waals surface area (Å²) in [5, 5.41) is 0. The minimum Gasteiger partial charge on any atom is -0.405 e. The van der Waals surface area contributed by atoms with Gasteiger partial charge in [0.2, 0.25) is 0 Å². The van der Waals surface area contributed by atoms with E-state index in [2.05, 4.69) is 32.1 Å². The summed E-state index contributed by atoms with van der Waals surface area (Å²) in [7, 11) is 0. The number of allylic oxidation sites excluding steroid dienone is 5. The van der Waals surface area contributed by atoms with Crippen molar-refractivity contribution < 1.29 is 0 Å². The molecule has 1 atom stereocenters. The molecule has 1 nitrogen and oxygen atoms in total. The van der Waals surface area contributed by atoms with E-state index in [1.54, 1.807) is 6.20 Å². The highest BCUT2D eigenvalue weighted by atomic mass is 14.5. The smallest absolute Gasteiger partial charge is 0.00132 e. The summed E-state index contributed by atoms with van der Waals surface area (Å²) < 4.78 is 0. The van der Waals surface area contributed by atoms with Crippen LogP contribution < -0.4 is 5.73 Å². The molecule has 1 heteroatoms. The summed E-state index contributed by atoms with van der Waals surface area (Å²) in [6.45, 7) is 6.34. The average Bonchev–Trinajstić information content (AvgIpc) is 2.10. The van der Waals surface area contributed by atoms with Crippen molar-refractivity contribution in [2.45, 2.75) is 27.2 Å². The van der Waals surface area contributed by atoms with Crippen molar-refractivity contribution in [1.82, 2.24) is 0 Å². The van der Waals surface area contributed by atoms with E-state index in [4.69, 9.17) is 5.73 Å². The van der Waals surface area contributed by atoms with Gasteiger partial charge in [0, 0.05) is 0 Å². The fourth-order valence-electron chi connectivity index (χ4n) is 1.07. The Bertz CT molecular complexity index is 187. The van der Waals surface area contributed by atoms with Crippen molar-refractivity contribution in [3.05, 3.63) is 36.1 Å². The molecule has 0 saturated heterocycles. The Hall–Kier alpha value is -0.980. The molecule has 0 aromatic rings. The monoisotopic (exact) mass is 165 g/mol. The lowest BCUT2D eigenvalue weighted by molar-refractivity contribution is 0.880. The van der Waals surface area contributed by atoms with E-state index >= 15 is 0 Å². The molecule has 0 aromatic heterocycles. The fourth-order valence-corrected chi connectivity index (χ4v) is 1.07. The van der Waals surface area contributed by atoms with Crippen molar-refractivity contribution >= 4 is 0 Å². The molecule has 0 heterocycles. The molecule has 1 unspecified atom stereocenters. The summed E-state index contributed by atoms with van der Waals surface area (Å²) in [6.07, 6.45) is 11.1. The average molecular weight is 165 g/mol. The third-order valence-electron chi connectivity index (χ3n) is 1.81. The van der Waals surface area contributed by atoms with E-state index in [-0.39, 0.29) is 0 Å². The standard InChI is InChI=1S/C11H19N/c1-4-6-7-10(3)11(5-2)8-9-12/h5-10H,4,12H2,1-3H3/b7-6-,9-8+,11-5-. The first-order chi connectivity index (χ1) is 5.76. The van der Waals surface area contributed by atoms with Crippen LogP contribution in [0.3, 0.4) is 0 Å². The molecule has 0 radical (unpaired) electrons. The van der Waals surface area contributed by atoms with E-state index in [9.17, 15) is 0 Å². The summed E-state index contributed by atoms with van der Waals surface area (Å²) in [5.74, 6) is 0.467. The molecule has 0 spiro atoms. The zero-order valence-corrected chi connectivity index (χ0v) is 8.25. The van der Waals surface area contributed by atoms with E-state index in [1.807, 2.05) is 13.0 Å². The third kappa shape index (κ3) is 4.02. The Morgan fingerprint density at radius 2 is 2.17 bits per heavy atom. The van der Waals surface area contributed by atoms with Crippen LogP contribution in [-0.4, -0.2) is 0 Å².